The fourth-order valence-corrected chi connectivity index (χ4v) is 1.87. The Kier molecular flexibility index (Phi) is 4.50. The van der Waals surface area contributed by atoms with Crippen molar-refractivity contribution in [2.45, 2.75) is 18.4 Å². The molecule has 15 heavy (non-hydrogen) atoms. The second-order valence-corrected chi connectivity index (χ2v) is 4.46. The summed E-state index contributed by atoms with van der Waals surface area (Å²) in [5.74, 6) is -0.242. The smallest absolute Gasteiger partial charge is 0.239 e. The zero-order valence-corrected chi connectivity index (χ0v) is 9.68. The Morgan fingerprint density at radius 1 is 1.60 bits per heavy atom. The zero-order valence-electron chi connectivity index (χ0n) is 9.68. The molecule has 88 valence electrons. The summed E-state index contributed by atoms with van der Waals surface area (Å²) >= 11 is 0. The molecule has 0 radical (unpaired) electrons. The molecule has 1 fully saturated rings. The lowest BCUT2D eigenvalue weighted by Gasteiger charge is -2.36. The summed E-state index contributed by atoms with van der Waals surface area (Å²) < 4.78 is 0. The number of hydrogen-bond acceptors (Lipinski definition) is 4. The van der Waals surface area contributed by atoms with Crippen LogP contribution in [0, 0.1) is 0 Å². The van der Waals surface area contributed by atoms with E-state index in [1.807, 2.05) is 14.1 Å². The highest BCUT2D eigenvalue weighted by molar-refractivity contribution is 5.85. The van der Waals surface area contributed by atoms with Gasteiger partial charge in [0.15, 0.2) is 0 Å². The fourth-order valence-electron chi connectivity index (χ4n) is 1.87. The number of piperidine rings is 1. The van der Waals surface area contributed by atoms with Crippen molar-refractivity contribution < 1.29 is 4.79 Å². The number of hydrogen-bond donors (Lipinski definition) is 3. The van der Waals surface area contributed by atoms with Gasteiger partial charge < -0.3 is 21.3 Å². The van der Waals surface area contributed by atoms with E-state index in [4.69, 9.17) is 5.73 Å². The molecule has 0 spiro atoms. The van der Waals surface area contributed by atoms with Gasteiger partial charge >= 0.3 is 0 Å². The van der Waals surface area contributed by atoms with Crippen LogP contribution in [-0.2, 0) is 4.79 Å². The molecule has 1 saturated heterocycles. The van der Waals surface area contributed by atoms with Gasteiger partial charge in [-0.3, -0.25) is 4.79 Å². The number of carbonyl (C=O) groups excluding carboxylic acids is 1. The number of nitrogens with zero attached hydrogens (tertiary/aromatic N) is 1. The van der Waals surface area contributed by atoms with Gasteiger partial charge in [0.25, 0.3) is 0 Å². The molecule has 1 aliphatic rings. The van der Waals surface area contributed by atoms with E-state index in [2.05, 4.69) is 15.5 Å². The molecule has 1 rings (SSSR count). The van der Waals surface area contributed by atoms with Gasteiger partial charge in [0.2, 0.25) is 5.91 Å². The van der Waals surface area contributed by atoms with Crippen LogP contribution < -0.4 is 16.4 Å². The van der Waals surface area contributed by atoms with E-state index in [1.54, 1.807) is 0 Å². The lowest BCUT2D eigenvalue weighted by molar-refractivity contribution is -0.125. The van der Waals surface area contributed by atoms with Crippen LogP contribution >= 0.6 is 0 Å². The molecule has 0 bridgehead atoms. The van der Waals surface area contributed by atoms with Crippen LogP contribution in [0.25, 0.3) is 0 Å². The third-order valence-corrected chi connectivity index (χ3v) is 2.88. The normalized spacial score (nSPS) is 26.9. The summed E-state index contributed by atoms with van der Waals surface area (Å²) in [5, 5.41) is 6.51. The van der Waals surface area contributed by atoms with Crippen LogP contribution in [0.4, 0.5) is 0 Å². The van der Waals surface area contributed by atoms with Crippen molar-refractivity contribution in [2.24, 2.45) is 5.73 Å². The van der Waals surface area contributed by atoms with Crippen LogP contribution in [0.2, 0.25) is 0 Å². The average molecular weight is 214 g/mol. The SMILES string of the molecule is CN(C)CCNC1(C(N)=O)CCCNC1. The van der Waals surface area contributed by atoms with Gasteiger partial charge in [0, 0.05) is 19.6 Å². The molecule has 0 aromatic rings. The largest absolute Gasteiger partial charge is 0.368 e. The second kappa shape index (κ2) is 5.44. The van der Waals surface area contributed by atoms with Crippen molar-refractivity contribution in [1.82, 2.24) is 15.5 Å². The molecular weight excluding hydrogens is 192 g/mol. The van der Waals surface area contributed by atoms with Gasteiger partial charge in [-0.2, -0.15) is 0 Å². The van der Waals surface area contributed by atoms with Crippen LogP contribution in [-0.4, -0.2) is 56.6 Å². The molecule has 1 atom stereocenters. The van der Waals surface area contributed by atoms with Crippen LogP contribution in [0.1, 0.15) is 12.8 Å². The van der Waals surface area contributed by atoms with Crippen LogP contribution in [0.15, 0.2) is 0 Å². The second-order valence-electron chi connectivity index (χ2n) is 4.46. The van der Waals surface area contributed by atoms with Gasteiger partial charge in [-0.25, -0.2) is 0 Å². The summed E-state index contributed by atoms with van der Waals surface area (Å²) in [6.07, 6.45) is 1.83. The van der Waals surface area contributed by atoms with E-state index >= 15 is 0 Å². The third-order valence-electron chi connectivity index (χ3n) is 2.88. The maximum absolute atomic E-state index is 11.5. The first-order valence-electron chi connectivity index (χ1n) is 5.47. The third kappa shape index (κ3) is 3.44. The zero-order chi connectivity index (χ0) is 11.3. The van der Waals surface area contributed by atoms with Crippen molar-refractivity contribution in [2.75, 3.05) is 40.3 Å². The number of nitrogens with two attached hydrogens (primary N) is 1. The van der Waals surface area contributed by atoms with Crippen molar-refractivity contribution in [3.8, 4) is 0 Å². The summed E-state index contributed by atoms with van der Waals surface area (Å²) in [6, 6.07) is 0. The maximum atomic E-state index is 11.5. The topological polar surface area (TPSA) is 70.4 Å². The van der Waals surface area contributed by atoms with E-state index < -0.39 is 5.54 Å². The van der Waals surface area contributed by atoms with Gasteiger partial charge in [0.1, 0.15) is 5.54 Å². The quantitative estimate of drug-likeness (QED) is 0.534. The number of rotatable bonds is 5. The molecule has 5 nitrogen and oxygen atoms in total. The summed E-state index contributed by atoms with van der Waals surface area (Å²) in [6.45, 7) is 3.33. The Bertz CT molecular complexity index is 211. The van der Waals surface area contributed by atoms with Crippen molar-refractivity contribution >= 4 is 5.91 Å². The number of carbonyl (C=O) groups is 1. The molecule has 1 unspecified atom stereocenters. The molecule has 0 saturated carbocycles. The molecule has 1 heterocycles. The minimum atomic E-state index is -0.533. The Labute approximate surface area is 91.4 Å². The van der Waals surface area contributed by atoms with E-state index in [-0.39, 0.29) is 5.91 Å². The summed E-state index contributed by atoms with van der Waals surface area (Å²) in [4.78, 5) is 13.5. The van der Waals surface area contributed by atoms with Crippen LogP contribution in [0.3, 0.4) is 0 Å². The van der Waals surface area contributed by atoms with Crippen molar-refractivity contribution in [1.29, 1.82) is 0 Å². The molecule has 4 N–H and O–H groups in total. The standard InChI is InChI=1S/C10H22N4O/c1-14(2)7-6-13-10(9(11)15)4-3-5-12-8-10/h12-13H,3-8H2,1-2H3,(H2,11,15). The predicted molar refractivity (Wildman–Crippen MR) is 60.6 cm³/mol. The van der Waals surface area contributed by atoms with Gasteiger partial charge in [-0.05, 0) is 33.5 Å². The highest BCUT2D eigenvalue weighted by atomic mass is 16.1. The van der Waals surface area contributed by atoms with Gasteiger partial charge in [-0.15, -0.1) is 0 Å². The van der Waals surface area contributed by atoms with E-state index in [0.29, 0.717) is 6.54 Å². The average Bonchev–Trinajstić information content (AvgIpc) is 2.18. The number of likely N-dealkylation sites (N-methyl/N-ethyl adjacent to an activating group) is 1. The maximum Gasteiger partial charge on any atom is 0.239 e. The van der Waals surface area contributed by atoms with Gasteiger partial charge in [0.05, 0.1) is 0 Å². The lowest BCUT2D eigenvalue weighted by Crippen LogP contribution is -2.64. The summed E-state index contributed by atoms with van der Waals surface area (Å²) in [5.41, 5.74) is 4.93. The molecule has 5 heteroatoms. The first-order valence-corrected chi connectivity index (χ1v) is 5.47. The van der Waals surface area contributed by atoms with Crippen molar-refractivity contribution in [3.05, 3.63) is 0 Å². The first-order chi connectivity index (χ1) is 7.07. The number of nitrogens with one attached hydrogen (secondary N) is 2. The Morgan fingerprint density at radius 2 is 2.33 bits per heavy atom. The fraction of sp³-hybridized carbons (Fsp3) is 0.900. The van der Waals surface area contributed by atoms with Gasteiger partial charge in [-0.1, -0.05) is 0 Å². The monoisotopic (exact) mass is 214 g/mol. The lowest BCUT2D eigenvalue weighted by atomic mass is 9.89. The molecule has 1 aliphatic heterocycles. The summed E-state index contributed by atoms with van der Waals surface area (Å²) in [7, 11) is 4.02. The minimum absolute atomic E-state index is 0.242. The minimum Gasteiger partial charge on any atom is -0.368 e. The molecule has 1 amide bonds. The highest BCUT2D eigenvalue weighted by Crippen LogP contribution is 2.15. The van der Waals surface area contributed by atoms with E-state index in [0.717, 1.165) is 32.5 Å². The van der Waals surface area contributed by atoms with E-state index in [1.165, 1.54) is 0 Å². The number of amides is 1. The Balaban J connectivity index is 2.46. The van der Waals surface area contributed by atoms with Crippen molar-refractivity contribution in [3.63, 3.8) is 0 Å². The van der Waals surface area contributed by atoms with E-state index in [9.17, 15) is 4.79 Å². The molecule has 0 aliphatic carbocycles. The highest BCUT2D eigenvalue weighted by Gasteiger charge is 2.37. The molecule has 0 aromatic heterocycles. The molecular formula is C10H22N4O. The predicted octanol–water partition coefficient (Wildman–Crippen LogP) is -1.25. The number of primary amides is 1. The molecule has 0 aromatic carbocycles. The van der Waals surface area contributed by atoms with Crippen LogP contribution in [0.5, 0.6) is 0 Å². The Hall–Kier alpha value is -0.650. The Morgan fingerprint density at radius 3 is 2.80 bits per heavy atom. The first kappa shape index (κ1) is 12.4.